The van der Waals surface area contributed by atoms with Gasteiger partial charge in [0.05, 0.1) is 6.54 Å². The topological polar surface area (TPSA) is 60.9 Å². The van der Waals surface area contributed by atoms with Crippen LogP contribution < -0.4 is 0 Å². The standard InChI is InChI=1S/C8H14N2O3/c1-3-4-10-5-6(7(11)12)9(2)8(10)13/h6H,3-5H2,1-2H3,(H,11,12)/t6-/m0/s1. The van der Waals surface area contributed by atoms with Crippen LogP contribution in [0.2, 0.25) is 0 Å². The number of urea groups is 1. The van der Waals surface area contributed by atoms with Crippen molar-refractivity contribution in [3.05, 3.63) is 0 Å². The number of hydrogen-bond donors (Lipinski definition) is 1. The Kier molecular flexibility index (Phi) is 2.75. The highest BCUT2D eigenvalue weighted by molar-refractivity contribution is 5.86. The Morgan fingerprint density at radius 1 is 1.69 bits per heavy atom. The smallest absolute Gasteiger partial charge is 0.328 e. The predicted octanol–water partition coefficient (Wildman–Crippen LogP) is 0.217. The minimum atomic E-state index is -0.936. The molecule has 0 spiro atoms. The summed E-state index contributed by atoms with van der Waals surface area (Å²) in [7, 11) is 1.52. The van der Waals surface area contributed by atoms with Gasteiger partial charge in [-0.1, -0.05) is 6.92 Å². The molecule has 5 nitrogen and oxygen atoms in total. The lowest BCUT2D eigenvalue weighted by molar-refractivity contribution is -0.140. The van der Waals surface area contributed by atoms with E-state index in [1.807, 2.05) is 6.92 Å². The van der Waals surface area contributed by atoms with Gasteiger partial charge in [0.25, 0.3) is 0 Å². The average Bonchev–Trinajstić information content (AvgIpc) is 2.33. The van der Waals surface area contributed by atoms with Crippen LogP contribution in [0, 0.1) is 0 Å². The summed E-state index contributed by atoms with van der Waals surface area (Å²) in [4.78, 5) is 24.9. The first-order valence-electron chi connectivity index (χ1n) is 4.32. The van der Waals surface area contributed by atoms with Crippen molar-refractivity contribution in [2.45, 2.75) is 19.4 Å². The molecule has 0 aromatic heterocycles. The van der Waals surface area contributed by atoms with Crippen LogP contribution >= 0.6 is 0 Å². The minimum Gasteiger partial charge on any atom is -0.480 e. The monoisotopic (exact) mass is 186 g/mol. The van der Waals surface area contributed by atoms with Crippen molar-refractivity contribution < 1.29 is 14.7 Å². The fraction of sp³-hybridized carbons (Fsp3) is 0.750. The van der Waals surface area contributed by atoms with Crippen LogP contribution in [0.1, 0.15) is 13.3 Å². The summed E-state index contributed by atoms with van der Waals surface area (Å²) < 4.78 is 0. The molecule has 1 aliphatic heterocycles. The lowest BCUT2D eigenvalue weighted by atomic mass is 10.3. The predicted molar refractivity (Wildman–Crippen MR) is 46.4 cm³/mol. The SMILES string of the molecule is CCCN1C[C@@H](C(=O)O)N(C)C1=O. The van der Waals surface area contributed by atoms with Gasteiger partial charge >= 0.3 is 12.0 Å². The van der Waals surface area contributed by atoms with E-state index in [1.165, 1.54) is 11.9 Å². The zero-order valence-electron chi connectivity index (χ0n) is 7.86. The molecule has 1 fully saturated rings. The maximum Gasteiger partial charge on any atom is 0.328 e. The molecule has 0 radical (unpaired) electrons. The minimum absolute atomic E-state index is 0.186. The van der Waals surface area contributed by atoms with E-state index in [4.69, 9.17) is 5.11 Å². The van der Waals surface area contributed by atoms with Gasteiger partial charge in [0.15, 0.2) is 0 Å². The Balaban J connectivity index is 2.66. The molecule has 0 aromatic carbocycles. The summed E-state index contributed by atoms with van der Waals surface area (Å²) in [6.07, 6.45) is 0.853. The largest absolute Gasteiger partial charge is 0.480 e. The second kappa shape index (κ2) is 3.64. The van der Waals surface area contributed by atoms with Crippen molar-refractivity contribution in [3.63, 3.8) is 0 Å². The van der Waals surface area contributed by atoms with Crippen LogP contribution in [-0.4, -0.2) is 53.1 Å². The third-order valence-corrected chi connectivity index (χ3v) is 2.21. The Bertz CT molecular complexity index is 229. The van der Waals surface area contributed by atoms with E-state index in [2.05, 4.69) is 0 Å². The zero-order valence-corrected chi connectivity index (χ0v) is 7.86. The molecule has 0 aromatic rings. The Hall–Kier alpha value is -1.26. The second-order valence-corrected chi connectivity index (χ2v) is 3.19. The first-order chi connectivity index (χ1) is 6.07. The molecule has 1 N–H and O–H groups in total. The van der Waals surface area contributed by atoms with E-state index < -0.39 is 12.0 Å². The molecule has 74 valence electrons. The van der Waals surface area contributed by atoms with E-state index in [0.717, 1.165) is 6.42 Å². The number of amides is 2. The van der Waals surface area contributed by atoms with Gasteiger partial charge in [0.2, 0.25) is 0 Å². The molecule has 1 atom stereocenters. The summed E-state index contributed by atoms with van der Waals surface area (Å²) in [6.45, 7) is 2.90. The molecule has 1 saturated heterocycles. The van der Waals surface area contributed by atoms with Gasteiger partial charge in [-0.2, -0.15) is 0 Å². The van der Waals surface area contributed by atoms with Gasteiger partial charge in [-0.15, -0.1) is 0 Å². The summed E-state index contributed by atoms with van der Waals surface area (Å²) in [6, 6.07) is -0.867. The molecule has 0 bridgehead atoms. The quantitative estimate of drug-likeness (QED) is 0.685. The van der Waals surface area contributed by atoms with Gasteiger partial charge in [-0.25, -0.2) is 9.59 Å². The summed E-state index contributed by atoms with van der Waals surface area (Å²) in [5.41, 5.74) is 0. The number of carbonyl (C=O) groups is 2. The fourth-order valence-corrected chi connectivity index (χ4v) is 1.47. The molecule has 1 heterocycles. The molecule has 0 aliphatic carbocycles. The molecule has 5 heteroatoms. The second-order valence-electron chi connectivity index (χ2n) is 3.19. The number of carbonyl (C=O) groups excluding carboxylic acids is 1. The number of carboxylic acid groups (broad SMARTS) is 1. The van der Waals surface area contributed by atoms with Gasteiger partial charge in [0.1, 0.15) is 6.04 Å². The molecule has 0 unspecified atom stereocenters. The van der Waals surface area contributed by atoms with E-state index in [0.29, 0.717) is 13.1 Å². The maximum atomic E-state index is 11.4. The van der Waals surface area contributed by atoms with Gasteiger partial charge < -0.3 is 14.9 Å². The third-order valence-electron chi connectivity index (χ3n) is 2.21. The van der Waals surface area contributed by atoms with Crippen LogP contribution in [0.15, 0.2) is 0 Å². The summed E-state index contributed by atoms with van der Waals surface area (Å²) in [5.74, 6) is -0.936. The summed E-state index contributed by atoms with van der Waals surface area (Å²) >= 11 is 0. The van der Waals surface area contributed by atoms with Crippen LogP contribution in [0.5, 0.6) is 0 Å². The number of carboxylic acids is 1. The Morgan fingerprint density at radius 2 is 2.31 bits per heavy atom. The lowest BCUT2D eigenvalue weighted by Crippen LogP contribution is -2.36. The highest BCUT2D eigenvalue weighted by Crippen LogP contribution is 2.13. The lowest BCUT2D eigenvalue weighted by Gasteiger charge is -2.14. The maximum absolute atomic E-state index is 11.4. The molecule has 1 aliphatic rings. The third kappa shape index (κ3) is 1.74. The van der Waals surface area contributed by atoms with Gasteiger partial charge in [-0.05, 0) is 6.42 Å². The fourth-order valence-electron chi connectivity index (χ4n) is 1.47. The Morgan fingerprint density at radius 3 is 2.69 bits per heavy atom. The van der Waals surface area contributed by atoms with Crippen molar-refractivity contribution in [1.29, 1.82) is 0 Å². The number of nitrogens with zero attached hydrogens (tertiary/aromatic N) is 2. The van der Waals surface area contributed by atoms with Crippen molar-refractivity contribution >= 4 is 12.0 Å². The molecular formula is C8H14N2O3. The van der Waals surface area contributed by atoms with E-state index in [-0.39, 0.29) is 6.03 Å². The number of rotatable bonds is 3. The van der Waals surface area contributed by atoms with Crippen molar-refractivity contribution in [2.75, 3.05) is 20.1 Å². The van der Waals surface area contributed by atoms with Crippen molar-refractivity contribution in [1.82, 2.24) is 9.80 Å². The molecule has 0 saturated carbocycles. The van der Waals surface area contributed by atoms with Gasteiger partial charge in [0, 0.05) is 13.6 Å². The number of aliphatic carboxylic acids is 1. The first kappa shape index (κ1) is 9.83. The van der Waals surface area contributed by atoms with Crippen molar-refractivity contribution in [3.8, 4) is 0 Å². The van der Waals surface area contributed by atoms with E-state index in [1.54, 1.807) is 4.90 Å². The molecular weight excluding hydrogens is 172 g/mol. The highest BCUT2D eigenvalue weighted by Gasteiger charge is 2.38. The average molecular weight is 186 g/mol. The van der Waals surface area contributed by atoms with E-state index >= 15 is 0 Å². The van der Waals surface area contributed by atoms with Crippen LogP contribution in [-0.2, 0) is 4.79 Å². The first-order valence-corrected chi connectivity index (χ1v) is 4.32. The van der Waals surface area contributed by atoms with Crippen LogP contribution in [0.3, 0.4) is 0 Å². The normalized spacial score (nSPS) is 22.6. The van der Waals surface area contributed by atoms with Crippen molar-refractivity contribution in [2.24, 2.45) is 0 Å². The van der Waals surface area contributed by atoms with Crippen LogP contribution in [0.25, 0.3) is 0 Å². The molecule has 13 heavy (non-hydrogen) atoms. The molecule has 1 rings (SSSR count). The summed E-state index contributed by atoms with van der Waals surface area (Å²) in [5, 5.41) is 8.77. The number of hydrogen-bond acceptors (Lipinski definition) is 2. The molecule has 2 amide bonds. The highest BCUT2D eigenvalue weighted by atomic mass is 16.4. The van der Waals surface area contributed by atoms with E-state index in [9.17, 15) is 9.59 Å². The zero-order chi connectivity index (χ0) is 10.0. The Labute approximate surface area is 76.9 Å². The van der Waals surface area contributed by atoms with Gasteiger partial charge in [-0.3, -0.25) is 0 Å². The number of likely N-dealkylation sites (N-methyl/N-ethyl adjacent to an activating group) is 1. The van der Waals surface area contributed by atoms with Crippen LogP contribution in [0.4, 0.5) is 4.79 Å².